The van der Waals surface area contributed by atoms with Crippen molar-refractivity contribution in [2.45, 2.75) is 6.42 Å². The summed E-state index contributed by atoms with van der Waals surface area (Å²) >= 11 is 3.39. The Kier molecular flexibility index (Phi) is 6.26. The fourth-order valence-corrected chi connectivity index (χ4v) is 3.34. The summed E-state index contributed by atoms with van der Waals surface area (Å²) in [5.74, 6) is 0.0131. The number of anilines is 2. The smallest absolute Gasteiger partial charge is 0.238 e. The molecule has 0 unspecified atom stereocenters. The molecule has 2 aromatic rings. The Balaban J connectivity index is 1.52. The largest absolute Gasteiger partial charge is 0.370 e. The molecule has 26 heavy (non-hydrogen) atoms. The third kappa shape index (κ3) is 5.07. The maximum absolute atomic E-state index is 12.3. The predicted octanol–water partition coefficient (Wildman–Crippen LogP) is 3.47. The van der Waals surface area contributed by atoms with Gasteiger partial charge in [-0.15, -0.1) is 0 Å². The average Bonchev–Trinajstić information content (AvgIpc) is 2.89. The first-order valence-corrected chi connectivity index (χ1v) is 9.46. The van der Waals surface area contributed by atoms with E-state index in [9.17, 15) is 4.79 Å². The van der Waals surface area contributed by atoms with Crippen LogP contribution in [-0.2, 0) is 4.79 Å². The first-order chi connectivity index (χ1) is 12.6. The average molecular weight is 413 g/mol. The lowest BCUT2D eigenvalue weighted by Crippen LogP contribution is -2.36. The summed E-state index contributed by atoms with van der Waals surface area (Å²) in [6.45, 7) is 3.97. The molecule has 1 fully saturated rings. The van der Waals surface area contributed by atoms with Crippen LogP contribution in [0.25, 0.3) is 0 Å². The van der Waals surface area contributed by atoms with Crippen LogP contribution in [0.15, 0.2) is 53.0 Å². The molecule has 0 spiro atoms. The molecule has 1 aliphatic heterocycles. The van der Waals surface area contributed by atoms with E-state index < -0.39 is 0 Å². The van der Waals surface area contributed by atoms with E-state index in [1.807, 2.05) is 48.5 Å². The third-order valence-electron chi connectivity index (χ3n) is 4.45. The molecule has 1 N–H and O–H groups in total. The van der Waals surface area contributed by atoms with Gasteiger partial charge in [0.2, 0.25) is 5.91 Å². The number of nitriles is 1. The molecule has 0 bridgehead atoms. The van der Waals surface area contributed by atoms with Gasteiger partial charge >= 0.3 is 0 Å². The summed E-state index contributed by atoms with van der Waals surface area (Å²) in [6, 6.07) is 17.4. The Morgan fingerprint density at radius 2 is 1.77 bits per heavy atom. The van der Waals surface area contributed by atoms with Gasteiger partial charge in [0.05, 0.1) is 18.2 Å². The summed E-state index contributed by atoms with van der Waals surface area (Å²) in [4.78, 5) is 16.8. The minimum Gasteiger partial charge on any atom is -0.370 e. The first-order valence-electron chi connectivity index (χ1n) is 8.67. The second kappa shape index (κ2) is 8.84. The van der Waals surface area contributed by atoms with Gasteiger partial charge in [-0.1, -0.05) is 15.9 Å². The molecule has 0 aromatic heterocycles. The maximum atomic E-state index is 12.3. The second-order valence-corrected chi connectivity index (χ2v) is 7.25. The molecule has 134 valence electrons. The Hall–Kier alpha value is -2.36. The van der Waals surface area contributed by atoms with Crippen LogP contribution in [0.1, 0.15) is 12.0 Å². The van der Waals surface area contributed by atoms with Crippen molar-refractivity contribution in [1.29, 1.82) is 5.26 Å². The number of amides is 1. The van der Waals surface area contributed by atoms with Crippen molar-refractivity contribution in [3.8, 4) is 6.07 Å². The van der Waals surface area contributed by atoms with Crippen molar-refractivity contribution in [3.63, 3.8) is 0 Å². The van der Waals surface area contributed by atoms with Crippen LogP contribution in [0, 0.1) is 11.3 Å². The molecular weight excluding hydrogens is 392 g/mol. The monoisotopic (exact) mass is 412 g/mol. The SMILES string of the molecule is N#Cc1ccc(N2CCCN(CC(=O)Nc3ccc(Br)cc3)CC2)cc1. The number of hydrogen-bond donors (Lipinski definition) is 1. The van der Waals surface area contributed by atoms with E-state index in [4.69, 9.17) is 5.26 Å². The lowest BCUT2D eigenvalue weighted by Gasteiger charge is -2.23. The molecule has 3 rings (SSSR count). The molecule has 6 heteroatoms. The van der Waals surface area contributed by atoms with Crippen LogP contribution < -0.4 is 10.2 Å². The maximum Gasteiger partial charge on any atom is 0.238 e. The molecule has 1 saturated heterocycles. The van der Waals surface area contributed by atoms with E-state index in [0.29, 0.717) is 12.1 Å². The van der Waals surface area contributed by atoms with Crippen molar-refractivity contribution in [2.75, 3.05) is 42.9 Å². The van der Waals surface area contributed by atoms with E-state index in [2.05, 4.69) is 37.1 Å². The topological polar surface area (TPSA) is 59.4 Å². The highest BCUT2D eigenvalue weighted by Crippen LogP contribution is 2.18. The van der Waals surface area contributed by atoms with Gasteiger partial charge < -0.3 is 10.2 Å². The van der Waals surface area contributed by atoms with Crippen molar-refractivity contribution in [2.24, 2.45) is 0 Å². The molecule has 1 amide bonds. The first kappa shape index (κ1) is 18.4. The summed E-state index contributed by atoms with van der Waals surface area (Å²) in [6.07, 6.45) is 1.01. The number of hydrogen-bond acceptors (Lipinski definition) is 4. The summed E-state index contributed by atoms with van der Waals surface area (Å²) < 4.78 is 0.992. The second-order valence-electron chi connectivity index (χ2n) is 6.33. The number of halogens is 1. The van der Waals surface area contributed by atoms with Gasteiger partial charge in [0.15, 0.2) is 0 Å². The lowest BCUT2D eigenvalue weighted by atomic mass is 10.2. The number of carbonyl (C=O) groups excluding carboxylic acids is 1. The standard InChI is InChI=1S/C20H21BrN4O/c21-17-4-6-18(7-5-17)23-20(26)15-24-10-1-11-25(13-12-24)19-8-2-16(14-22)3-9-19/h2-9H,1,10-13,15H2,(H,23,26). The van der Waals surface area contributed by atoms with Gasteiger partial charge in [-0.3, -0.25) is 9.69 Å². The Labute approximate surface area is 162 Å². The molecule has 2 aromatic carbocycles. The van der Waals surface area contributed by atoms with E-state index >= 15 is 0 Å². The van der Waals surface area contributed by atoms with E-state index in [1.54, 1.807) is 0 Å². The zero-order valence-electron chi connectivity index (χ0n) is 14.5. The number of carbonyl (C=O) groups is 1. The van der Waals surface area contributed by atoms with Crippen LogP contribution in [0.5, 0.6) is 0 Å². The van der Waals surface area contributed by atoms with Crippen molar-refractivity contribution < 1.29 is 4.79 Å². The zero-order chi connectivity index (χ0) is 18.4. The van der Waals surface area contributed by atoms with E-state index in [-0.39, 0.29) is 5.91 Å². The zero-order valence-corrected chi connectivity index (χ0v) is 16.1. The van der Waals surface area contributed by atoms with Crippen LogP contribution in [0.2, 0.25) is 0 Å². The van der Waals surface area contributed by atoms with Crippen LogP contribution >= 0.6 is 15.9 Å². The minimum absolute atomic E-state index is 0.0131. The molecule has 0 aliphatic carbocycles. The highest BCUT2D eigenvalue weighted by atomic mass is 79.9. The fraction of sp³-hybridized carbons (Fsp3) is 0.300. The van der Waals surface area contributed by atoms with Crippen LogP contribution in [0.4, 0.5) is 11.4 Å². The predicted molar refractivity (Wildman–Crippen MR) is 107 cm³/mol. The third-order valence-corrected chi connectivity index (χ3v) is 4.97. The quantitative estimate of drug-likeness (QED) is 0.834. The van der Waals surface area contributed by atoms with Gasteiger partial charge in [-0.25, -0.2) is 0 Å². The van der Waals surface area contributed by atoms with Gasteiger partial charge in [-0.2, -0.15) is 5.26 Å². The number of nitrogens with zero attached hydrogens (tertiary/aromatic N) is 3. The van der Waals surface area contributed by atoms with Gasteiger partial charge in [0, 0.05) is 42.0 Å². The number of nitrogens with one attached hydrogen (secondary N) is 1. The van der Waals surface area contributed by atoms with Gasteiger partial charge in [0.1, 0.15) is 0 Å². The Morgan fingerprint density at radius 3 is 2.46 bits per heavy atom. The lowest BCUT2D eigenvalue weighted by molar-refractivity contribution is -0.117. The molecule has 5 nitrogen and oxygen atoms in total. The summed E-state index contributed by atoms with van der Waals surface area (Å²) in [7, 11) is 0. The van der Waals surface area contributed by atoms with Crippen LogP contribution in [0.3, 0.4) is 0 Å². The molecule has 0 saturated carbocycles. The number of rotatable bonds is 4. The molecule has 1 aliphatic rings. The highest BCUT2D eigenvalue weighted by Gasteiger charge is 2.17. The molecule has 0 atom stereocenters. The highest BCUT2D eigenvalue weighted by molar-refractivity contribution is 9.10. The molecule has 0 radical (unpaired) electrons. The normalized spacial score (nSPS) is 15.2. The fourth-order valence-electron chi connectivity index (χ4n) is 3.07. The number of benzene rings is 2. The Morgan fingerprint density at radius 1 is 1.04 bits per heavy atom. The van der Waals surface area contributed by atoms with E-state index in [1.165, 1.54) is 0 Å². The van der Waals surface area contributed by atoms with Crippen LogP contribution in [-0.4, -0.2) is 43.5 Å². The molecular formula is C20H21BrN4O. The van der Waals surface area contributed by atoms with Crippen molar-refractivity contribution >= 4 is 33.2 Å². The summed E-state index contributed by atoms with van der Waals surface area (Å²) in [5, 5.41) is 11.9. The molecule has 1 heterocycles. The van der Waals surface area contributed by atoms with E-state index in [0.717, 1.165) is 48.4 Å². The minimum atomic E-state index is 0.0131. The van der Waals surface area contributed by atoms with Crippen molar-refractivity contribution in [3.05, 3.63) is 58.6 Å². The van der Waals surface area contributed by atoms with Gasteiger partial charge in [0.25, 0.3) is 0 Å². The summed E-state index contributed by atoms with van der Waals surface area (Å²) in [5.41, 5.74) is 2.62. The van der Waals surface area contributed by atoms with Crippen molar-refractivity contribution in [1.82, 2.24) is 4.90 Å². The van der Waals surface area contributed by atoms with Gasteiger partial charge in [-0.05, 0) is 55.0 Å². The Bertz CT molecular complexity index is 783.